The molecule has 4 heteroatoms. The quantitative estimate of drug-likeness (QED) is 0.828. The summed E-state index contributed by atoms with van der Waals surface area (Å²) in [5.41, 5.74) is 7.19. The molecule has 0 aromatic heterocycles. The minimum absolute atomic E-state index is 0.164. The molecule has 0 bridgehead atoms. The number of carbonyl (C=O) groups excluding carboxylic acids is 1. The molecule has 20 heavy (non-hydrogen) atoms. The van der Waals surface area contributed by atoms with Gasteiger partial charge in [-0.1, -0.05) is 41.9 Å². The molecule has 0 saturated heterocycles. The molecule has 1 aromatic carbocycles. The average molecular weight is 341 g/mol. The summed E-state index contributed by atoms with van der Waals surface area (Å²) in [5, 5.41) is 0. The second-order valence-electron chi connectivity index (χ2n) is 5.64. The molecule has 1 amide bonds. The van der Waals surface area contributed by atoms with Crippen LogP contribution in [0.25, 0.3) is 0 Å². The Morgan fingerprint density at radius 3 is 2.45 bits per heavy atom. The molecule has 0 saturated carbocycles. The first-order chi connectivity index (χ1) is 9.40. The Labute approximate surface area is 130 Å². The van der Waals surface area contributed by atoms with E-state index in [9.17, 15) is 4.79 Å². The minimum atomic E-state index is 0.164. The predicted molar refractivity (Wildman–Crippen MR) is 87.5 cm³/mol. The van der Waals surface area contributed by atoms with E-state index in [1.807, 2.05) is 31.3 Å². The third-order valence-electron chi connectivity index (χ3n) is 3.62. The van der Waals surface area contributed by atoms with Gasteiger partial charge >= 0.3 is 0 Å². The molecule has 3 nitrogen and oxygen atoms in total. The van der Waals surface area contributed by atoms with Crippen molar-refractivity contribution in [2.75, 3.05) is 13.6 Å². The summed E-state index contributed by atoms with van der Waals surface area (Å²) in [5.74, 6) is 0.644. The van der Waals surface area contributed by atoms with Crippen molar-refractivity contribution in [3.8, 4) is 0 Å². The van der Waals surface area contributed by atoms with Crippen LogP contribution in [0.15, 0.2) is 28.7 Å². The number of nitrogens with zero attached hydrogens (tertiary/aromatic N) is 1. The van der Waals surface area contributed by atoms with Gasteiger partial charge in [-0.2, -0.15) is 0 Å². The second-order valence-corrected chi connectivity index (χ2v) is 6.55. The van der Waals surface area contributed by atoms with Gasteiger partial charge in [0, 0.05) is 30.5 Å². The summed E-state index contributed by atoms with van der Waals surface area (Å²) in [6.07, 6.45) is 2.19. The molecule has 0 radical (unpaired) electrons. The van der Waals surface area contributed by atoms with E-state index in [2.05, 4.69) is 29.8 Å². The van der Waals surface area contributed by atoms with E-state index in [4.69, 9.17) is 5.73 Å². The number of hydrogen-bond acceptors (Lipinski definition) is 2. The summed E-state index contributed by atoms with van der Waals surface area (Å²) in [4.78, 5) is 13.8. The van der Waals surface area contributed by atoms with Gasteiger partial charge in [0.05, 0.1) is 0 Å². The molecule has 0 aliphatic carbocycles. The highest BCUT2D eigenvalue weighted by Gasteiger charge is 2.12. The number of hydrogen-bond donors (Lipinski definition) is 1. The van der Waals surface area contributed by atoms with Gasteiger partial charge in [0.15, 0.2) is 0 Å². The Kier molecular flexibility index (Phi) is 7.24. The molecule has 1 aromatic rings. The van der Waals surface area contributed by atoms with Crippen molar-refractivity contribution in [3.63, 3.8) is 0 Å². The standard InChI is InChI=1S/C16H25BrN2O/c1-12(2)15(18)10-11-19(3)16(20)9-6-13-4-7-14(17)8-5-13/h4-5,7-8,12,15H,6,9-11,18H2,1-3H3. The van der Waals surface area contributed by atoms with Crippen LogP contribution in [0.3, 0.4) is 0 Å². The van der Waals surface area contributed by atoms with E-state index in [0.717, 1.165) is 23.9 Å². The van der Waals surface area contributed by atoms with Gasteiger partial charge in [0.2, 0.25) is 5.91 Å². The highest BCUT2D eigenvalue weighted by Crippen LogP contribution is 2.12. The highest BCUT2D eigenvalue weighted by molar-refractivity contribution is 9.10. The number of halogens is 1. The normalized spacial score (nSPS) is 12.5. The number of benzene rings is 1. The third-order valence-corrected chi connectivity index (χ3v) is 4.15. The van der Waals surface area contributed by atoms with Gasteiger partial charge < -0.3 is 10.6 Å². The van der Waals surface area contributed by atoms with E-state index in [0.29, 0.717) is 12.3 Å². The molecule has 0 aliphatic rings. The Hall–Kier alpha value is -0.870. The molecule has 0 spiro atoms. The van der Waals surface area contributed by atoms with Crippen LogP contribution in [-0.4, -0.2) is 30.4 Å². The molecule has 112 valence electrons. The minimum Gasteiger partial charge on any atom is -0.346 e. The molecule has 2 N–H and O–H groups in total. The topological polar surface area (TPSA) is 46.3 Å². The monoisotopic (exact) mass is 340 g/mol. The summed E-state index contributed by atoms with van der Waals surface area (Å²) < 4.78 is 1.06. The van der Waals surface area contributed by atoms with E-state index < -0.39 is 0 Å². The molecule has 0 aliphatic heterocycles. The van der Waals surface area contributed by atoms with Crippen LogP contribution in [-0.2, 0) is 11.2 Å². The van der Waals surface area contributed by atoms with E-state index in [-0.39, 0.29) is 11.9 Å². The van der Waals surface area contributed by atoms with Crippen molar-refractivity contribution < 1.29 is 4.79 Å². The summed E-state index contributed by atoms with van der Waals surface area (Å²) in [7, 11) is 1.86. The maximum absolute atomic E-state index is 12.0. The van der Waals surface area contributed by atoms with E-state index in [1.165, 1.54) is 5.56 Å². The lowest BCUT2D eigenvalue weighted by atomic mass is 10.0. The Morgan fingerprint density at radius 2 is 1.90 bits per heavy atom. The zero-order chi connectivity index (χ0) is 15.1. The molecule has 1 rings (SSSR count). The predicted octanol–water partition coefficient (Wildman–Crippen LogP) is 3.21. The maximum atomic E-state index is 12.0. The zero-order valence-electron chi connectivity index (χ0n) is 12.6. The molecular formula is C16H25BrN2O. The Balaban J connectivity index is 2.33. The smallest absolute Gasteiger partial charge is 0.222 e. The van der Waals surface area contributed by atoms with E-state index in [1.54, 1.807) is 4.90 Å². The largest absolute Gasteiger partial charge is 0.346 e. The van der Waals surface area contributed by atoms with Crippen molar-refractivity contribution >= 4 is 21.8 Å². The zero-order valence-corrected chi connectivity index (χ0v) is 14.2. The van der Waals surface area contributed by atoms with Gasteiger partial charge in [0.25, 0.3) is 0 Å². The van der Waals surface area contributed by atoms with Gasteiger partial charge in [-0.05, 0) is 36.5 Å². The highest BCUT2D eigenvalue weighted by atomic mass is 79.9. The molecule has 1 atom stereocenters. The number of aryl methyl sites for hydroxylation is 1. The van der Waals surface area contributed by atoms with Crippen molar-refractivity contribution in [1.82, 2.24) is 4.90 Å². The van der Waals surface area contributed by atoms with Crippen LogP contribution in [0.4, 0.5) is 0 Å². The van der Waals surface area contributed by atoms with Crippen molar-refractivity contribution in [2.45, 2.75) is 39.2 Å². The van der Waals surface area contributed by atoms with E-state index >= 15 is 0 Å². The number of rotatable bonds is 7. The van der Waals surface area contributed by atoms with Gasteiger partial charge in [-0.15, -0.1) is 0 Å². The first-order valence-electron chi connectivity index (χ1n) is 7.14. The van der Waals surface area contributed by atoms with Crippen LogP contribution in [0.5, 0.6) is 0 Å². The first-order valence-corrected chi connectivity index (χ1v) is 7.93. The summed E-state index contributed by atoms with van der Waals surface area (Å²) >= 11 is 3.41. The van der Waals surface area contributed by atoms with Gasteiger partial charge in [-0.25, -0.2) is 0 Å². The molecule has 1 unspecified atom stereocenters. The SMILES string of the molecule is CC(C)C(N)CCN(C)C(=O)CCc1ccc(Br)cc1. The summed E-state index contributed by atoms with van der Waals surface area (Å²) in [6, 6.07) is 8.27. The fourth-order valence-electron chi connectivity index (χ4n) is 1.89. The Morgan fingerprint density at radius 1 is 1.30 bits per heavy atom. The van der Waals surface area contributed by atoms with Crippen LogP contribution in [0, 0.1) is 5.92 Å². The van der Waals surface area contributed by atoms with Crippen molar-refractivity contribution in [2.24, 2.45) is 11.7 Å². The average Bonchev–Trinajstić information content (AvgIpc) is 2.43. The van der Waals surface area contributed by atoms with Crippen LogP contribution in [0.1, 0.15) is 32.3 Å². The number of amides is 1. The molecular weight excluding hydrogens is 316 g/mol. The van der Waals surface area contributed by atoms with Crippen LogP contribution < -0.4 is 5.73 Å². The Bertz CT molecular complexity index is 417. The second kappa shape index (κ2) is 8.42. The fraction of sp³-hybridized carbons (Fsp3) is 0.562. The maximum Gasteiger partial charge on any atom is 0.222 e. The molecule has 0 fully saturated rings. The molecule has 0 heterocycles. The lowest BCUT2D eigenvalue weighted by Gasteiger charge is -2.21. The van der Waals surface area contributed by atoms with Crippen molar-refractivity contribution in [3.05, 3.63) is 34.3 Å². The summed E-state index contributed by atoms with van der Waals surface area (Å²) in [6.45, 7) is 4.96. The van der Waals surface area contributed by atoms with Gasteiger partial charge in [-0.3, -0.25) is 4.79 Å². The number of nitrogens with two attached hydrogens (primary N) is 1. The van der Waals surface area contributed by atoms with Crippen molar-refractivity contribution in [1.29, 1.82) is 0 Å². The van der Waals surface area contributed by atoms with Crippen LogP contribution >= 0.6 is 15.9 Å². The fourth-order valence-corrected chi connectivity index (χ4v) is 2.16. The number of carbonyl (C=O) groups is 1. The lowest BCUT2D eigenvalue weighted by Crippen LogP contribution is -2.34. The van der Waals surface area contributed by atoms with Crippen LogP contribution in [0.2, 0.25) is 0 Å². The first kappa shape index (κ1) is 17.2. The lowest BCUT2D eigenvalue weighted by molar-refractivity contribution is -0.129. The third kappa shape index (κ3) is 6.06. The van der Waals surface area contributed by atoms with Gasteiger partial charge in [0.1, 0.15) is 0 Å².